The van der Waals surface area contributed by atoms with Gasteiger partial charge in [0, 0.05) is 19.5 Å². The zero-order valence-corrected chi connectivity index (χ0v) is 18.0. The smallest absolute Gasteiger partial charge is 0.242 e. The van der Waals surface area contributed by atoms with Crippen molar-refractivity contribution in [1.29, 1.82) is 0 Å². The van der Waals surface area contributed by atoms with Crippen molar-refractivity contribution in [2.45, 2.75) is 38.9 Å². The minimum Gasteiger partial charge on any atom is -0.356 e. The molecule has 0 spiro atoms. The molecule has 1 saturated heterocycles. The summed E-state index contributed by atoms with van der Waals surface area (Å²) in [6, 6.07) is 16.0. The first kappa shape index (κ1) is 21.1. The minimum absolute atomic E-state index is 0.0432. The molecule has 0 bridgehead atoms. The molecule has 1 N–H and O–H groups in total. The summed E-state index contributed by atoms with van der Waals surface area (Å²) in [4.78, 5) is 31.4. The van der Waals surface area contributed by atoms with Gasteiger partial charge in [-0.25, -0.2) is 4.99 Å². The molecule has 1 heterocycles. The quantitative estimate of drug-likeness (QED) is 0.752. The van der Waals surface area contributed by atoms with E-state index in [1.54, 1.807) is 4.90 Å². The lowest BCUT2D eigenvalue weighted by molar-refractivity contribution is -0.129. The van der Waals surface area contributed by atoms with Crippen molar-refractivity contribution < 1.29 is 9.59 Å². The maximum Gasteiger partial charge on any atom is 0.242 e. The van der Waals surface area contributed by atoms with Crippen LogP contribution in [0, 0.1) is 13.8 Å². The Balaban J connectivity index is 1.60. The molecule has 29 heavy (non-hydrogen) atoms. The molecule has 152 valence electrons. The number of hydrogen-bond acceptors (Lipinski definition) is 4. The van der Waals surface area contributed by atoms with Gasteiger partial charge in [-0.2, -0.15) is 0 Å². The molecule has 5 nitrogen and oxygen atoms in total. The van der Waals surface area contributed by atoms with E-state index >= 15 is 0 Å². The van der Waals surface area contributed by atoms with Crippen molar-refractivity contribution in [1.82, 2.24) is 10.2 Å². The number of benzene rings is 2. The lowest BCUT2D eigenvalue weighted by Crippen LogP contribution is -2.35. The molecular weight excluding hydrogens is 382 g/mol. The summed E-state index contributed by atoms with van der Waals surface area (Å²) in [6.07, 6.45) is 0.944. The highest BCUT2D eigenvalue weighted by molar-refractivity contribution is 8.15. The van der Waals surface area contributed by atoms with Gasteiger partial charge in [-0.1, -0.05) is 48.2 Å². The molecule has 1 aliphatic heterocycles. The number of amidine groups is 1. The number of nitrogens with zero attached hydrogens (tertiary/aromatic N) is 2. The van der Waals surface area contributed by atoms with Crippen LogP contribution in [0.15, 0.2) is 53.5 Å². The number of thioether (sulfide) groups is 1. The first-order valence-electron chi connectivity index (χ1n) is 9.92. The summed E-state index contributed by atoms with van der Waals surface area (Å²) < 4.78 is 0. The molecule has 2 amide bonds. The van der Waals surface area contributed by atoms with Crippen LogP contribution in [-0.4, -0.2) is 40.2 Å². The van der Waals surface area contributed by atoms with Crippen molar-refractivity contribution in [2.24, 2.45) is 4.99 Å². The zero-order chi connectivity index (χ0) is 20.8. The molecule has 6 heteroatoms. The largest absolute Gasteiger partial charge is 0.356 e. The number of amides is 2. The average Bonchev–Trinajstić information content (AvgIpc) is 2.99. The molecule has 1 fully saturated rings. The predicted molar refractivity (Wildman–Crippen MR) is 120 cm³/mol. The maximum atomic E-state index is 12.7. The van der Waals surface area contributed by atoms with Crippen molar-refractivity contribution in [3.8, 4) is 0 Å². The van der Waals surface area contributed by atoms with E-state index in [2.05, 4.69) is 17.2 Å². The van der Waals surface area contributed by atoms with Crippen LogP contribution in [0.2, 0.25) is 0 Å². The Morgan fingerprint density at radius 1 is 1.14 bits per heavy atom. The summed E-state index contributed by atoms with van der Waals surface area (Å²) >= 11 is 1.38. The first-order valence-corrected chi connectivity index (χ1v) is 10.8. The highest BCUT2D eigenvalue weighted by atomic mass is 32.2. The van der Waals surface area contributed by atoms with E-state index < -0.39 is 5.25 Å². The third-order valence-electron chi connectivity index (χ3n) is 5.00. The van der Waals surface area contributed by atoms with Gasteiger partial charge in [0.1, 0.15) is 5.25 Å². The highest BCUT2D eigenvalue weighted by Gasteiger charge is 2.38. The number of rotatable bonds is 7. The second-order valence-electron chi connectivity index (χ2n) is 7.14. The van der Waals surface area contributed by atoms with Crippen molar-refractivity contribution >= 4 is 34.4 Å². The second-order valence-corrected chi connectivity index (χ2v) is 8.31. The molecule has 0 radical (unpaired) electrons. The van der Waals surface area contributed by atoms with Gasteiger partial charge in [-0.3, -0.25) is 14.5 Å². The first-order chi connectivity index (χ1) is 14.0. The predicted octanol–water partition coefficient (Wildman–Crippen LogP) is 4.00. The van der Waals surface area contributed by atoms with Gasteiger partial charge < -0.3 is 5.32 Å². The topological polar surface area (TPSA) is 61.8 Å². The molecule has 0 saturated carbocycles. The van der Waals surface area contributed by atoms with Crippen molar-refractivity contribution in [3.63, 3.8) is 0 Å². The molecule has 1 aliphatic rings. The number of carbonyl (C=O) groups excluding carboxylic acids is 2. The summed E-state index contributed by atoms with van der Waals surface area (Å²) in [6.45, 7) is 7.14. The van der Waals surface area contributed by atoms with E-state index in [1.807, 2.05) is 62.4 Å². The van der Waals surface area contributed by atoms with Crippen molar-refractivity contribution in [2.75, 3.05) is 13.1 Å². The van der Waals surface area contributed by atoms with Crippen LogP contribution in [0.4, 0.5) is 5.69 Å². The monoisotopic (exact) mass is 409 g/mol. The Hall–Kier alpha value is -2.60. The van der Waals surface area contributed by atoms with Gasteiger partial charge >= 0.3 is 0 Å². The molecule has 3 rings (SSSR count). The average molecular weight is 410 g/mol. The number of hydrogen-bond donors (Lipinski definition) is 1. The van der Waals surface area contributed by atoms with Crippen molar-refractivity contribution in [3.05, 3.63) is 65.2 Å². The van der Waals surface area contributed by atoms with E-state index in [4.69, 9.17) is 0 Å². The van der Waals surface area contributed by atoms with Gasteiger partial charge in [-0.05, 0) is 56.0 Å². The fraction of sp³-hybridized carbons (Fsp3) is 0.348. The van der Waals surface area contributed by atoms with Gasteiger partial charge in [0.15, 0.2) is 5.17 Å². The lowest BCUT2D eigenvalue weighted by Gasteiger charge is -2.13. The third-order valence-corrected chi connectivity index (χ3v) is 6.18. The number of aryl methyl sites for hydroxylation is 2. The molecular formula is C23H27N3O2S. The third kappa shape index (κ3) is 5.48. The minimum atomic E-state index is -0.419. The van der Waals surface area contributed by atoms with Gasteiger partial charge in [0.25, 0.3) is 0 Å². The van der Waals surface area contributed by atoms with Gasteiger partial charge in [0.05, 0.1) is 5.69 Å². The number of carbonyl (C=O) groups is 2. The molecule has 0 aliphatic carbocycles. The highest BCUT2D eigenvalue weighted by Crippen LogP contribution is 2.31. The summed E-state index contributed by atoms with van der Waals surface area (Å²) in [5.41, 5.74) is 4.38. The van der Waals surface area contributed by atoms with Gasteiger partial charge in [-0.15, -0.1) is 0 Å². The van der Waals surface area contributed by atoms with Gasteiger partial charge in [0.2, 0.25) is 11.8 Å². The Kier molecular flexibility index (Phi) is 7.09. The maximum absolute atomic E-state index is 12.7. The summed E-state index contributed by atoms with van der Waals surface area (Å²) in [5.74, 6) is -0.145. The van der Waals surface area contributed by atoms with E-state index in [9.17, 15) is 9.59 Å². The van der Waals surface area contributed by atoms with Crippen LogP contribution < -0.4 is 5.32 Å². The Morgan fingerprint density at radius 3 is 2.59 bits per heavy atom. The second kappa shape index (κ2) is 9.74. The zero-order valence-electron chi connectivity index (χ0n) is 17.1. The van der Waals surface area contributed by atoms with Crippen LogP contribution in [0.3, 0.4) is 0 Å². The molecule has 2 aromatic carbocycles. The molecule has 0 aromatic heterocycles. The molecule has 1 atom stereocenters. The van der Waals surface area contributed by atoms with Crippen LogP contribution in [-0.2, 0) is 16.0 Å². The van der Waals surface area contributed by atoms with Crippen LogP contribution in [0.25, 0.3) is 0 Å². The Bertz CT molecular complexity index is 912. The SMILES string of the molecule is CCN1C(=O)[C@@H](CC(=O)NCCc2ccccc2)SC1=Nc1ccc(C)c(C)c1. The molecule has 2 aromatic rings. The van der Waals surface area contributed by atoms with Crippen LogP contribution in [0.1, 0.15) is 30.0 Å². The fourth-order valence-corrected chi connectivity index (χ4v) is 4.37. The van der Waals surface area contributed by atoms with E-state index in [0.29, 0.717) is 18.3 Å². The van der Waals surface area contributed by atoms with E-state index in [1.165, 1.54) is 28.5 Å². The molecule has 0 unspecified atom stereocenters. The summed E-state index contributed by atoms with van der Waals surface area (Å²) in [5, 5.41) is 3.18. The normalized spacial score (nSPS) is 17.8. The van der Waals surface area contributed by atoms with Crippen LogP contribution in [0.5, 0.6) is 0 Å². The number of aliphatic imine (C=N–C) groups is 1. The standard InChI is InChI=1S/C23H27N3O2S/c1-4-26-22(28)20(15-21(27)24-13-12-18-8-6-5-7-9-18)29-23(26)25-19-11-10-16(2)17(3)14-19/h5-11,14,20H,4,12-13,15H2,1-3H3,(H,24,27)/t20-/m1/s1. The summed E-state index contributed by atoms with van der Waals surface area (Å²) in [7, 11) is 0. The Morgan fingerprint density at radius 2 is 1.90 bits per heavy atom. The Labute approximate surface area is 176 Å². The van der Waals surface area contributed by atoms with Crippen LogP contribution >= 0.6 is 11.8 Å². The fourth-order valence-electron chi connectivity index (χ4n) is 3.15. The van der Waals surface area contributed by atoms with E-state index in [0.717, 1.165) is 12.1 Å². The lowest BCUT2D eigenvalue weighted by atomic mass is 10.1. The van der Waals surface area contributed by atoms with E-state index in [-0.39, 0.29) is 18.2 Å². The number of nitrogens with one attached hydrogen (secondary N) is 1.